The van der Waals surface area contributed by atoms with Gasteiger partial charge in [0.25, 0.3) is 5.91 Å². The van der Waals surface area contributed by atoms with Crippen LogP contribution in [0.2, 0.25) is 0 Å². The molecule has 1 atom stereocenters. The van der Waals surface area contributed by atoms with Gasteiger partial charge in [0.15, 0.2) is 6.61 Å². The molecule has 1 saturated heterocycles. The summed E-state index contributed by atoms with van der Waals surface area (Å²) in [5, 5.41) is 11.9. The predicted octanol–water partition coefficient (Wildman–Crippen LogP) is 1.88. The summed E-state index contributed by atoms with van der Waals surface area (Å²) in [6, 6.07) is 2.38. The second-order valence-corrected chi connectivity index (χ2v) is 5.89. The van der Waals surface area contributed by atoms with E-state index in [0.717, 1.165) is 12.3 Å². The van der Waals surface area contributed by atoms with Crippen LogP contribution in [0.3, 0.4) is 0 Å². The minimum atomic E-state index is -4.52. The molecule has 0 saturated carbocycles. The Morgan fingerprint density at radius 2 is 2.08 bits per heavy atom. The Kier molecular flexibility index (Phi) is 6.78. The summed E-state index contributed by atoms with van der Waals surface area (Å²) in [5.74, 6) is -2.83. The van der Waals surface area contributed by atoms with Crippen molar-refractivity contribution in [1.82, 2.24) is 10.3 Å². The number of amides is 1. The zero-order chi connectivity index (χ0) is 19.2. The van der Waals surface area contributed by atoms with Gasteiger partial charge in [0.1, 0.15) is 0 Å². The van der Waals surface area contributed by atoms with Crippen LogP contribution in [-0.2, 0) is 9.53 Å². The summed E-state index contributed by atoms with van der Waals surface area (Å²) >= 11 is 0. The van der Waals surface area contributed by atoms with Crippen LogP contribution in [0, 0.1) is 11.8 Å². The van der Waals surface area contributed by atoms with Gasteiger partial charge >= 0.3 is 12.1 Å². The smallest absolute Gasteiger partial charge is 0.422 e. The lowest BCUT2D eigenvalue weighted by molar-refractivity contribution is -0.154. The number of hydrogen-bond donors (Lipinski definition) is 2. The van der Waals surface area contributed by atoms with Crippen molar-refractivity contribution in [2.45, 2.75) is 19.0 Å². The number of carbonyl (C=O) groups excluding carboxylic acids is 1. The highest BCUT2D eigenvalue weighted by atomic mass is 19.4. The summed E-state index contributed by atoms with van der Waals surface area (Å²) in [6.45, 7) is -0.644. The molecular weight excluding hydrogens is 357 g/mol. The normalized spacial score (nSPS) is 16.7. The van der Waals surface area contributed by atoms with Gasteiger partial charge in [-0.1, -0.05) is 0 Å². The summed E-state index contributed by atoms with van der Waals surface area (Å²) in [7, 11) is 0. The summed E-state index contributed by atoms with van der Waals surface area (Å²) in [4.78, 5) is 27.2. The highest BCUT2D eigenvalue weighted by Gasteiger charge is 2.30. The number of hydrogen-bond acceptors (Lipinski definition) is 5. The third-order valence-corrected chi connectivity index (χ3v) is 4.02. The molecule has 2 N–H and O–H groups in total. The number of halogens is 3. The Bertz CT molecular complexity index is 633. The average molecular weight is 376 g/mol. The van der Waals surface area contributed by atoms with Crippen molar-refractivity contribution in [1.29, 1.82) is 0 Å². The molecular formula is C16H19F3N2O5. The molecule has 2 rings (SSSR count). The number of rotatable bonds is 7. The van der Waals surface area contributed by atoms with Gasteiger partial charge in [-0.15, -0.1) is 0 Å². The predicted molar refractivity (Wildman–Crippen MR) is 82.8 cm³/mol. The second-order valence-electron chi connectivity index (χ2n) is 5.89. The number of carbonyl (C=O) groups is 2. The van der Waals surface area contributed by atoms with Gasteiger partial charge in [0, 0.05) is 37.6 Å². The van der Waals surface area contributed by atoms with Crippen LogP contribution < -0.4 is 10.1 Å². The number of pyridine rings is 1. The molecule has 144 valence electrons. The van der Waals surface area contributed by atoms with Crippen molar-refractivity contribution in [3.05, 3.63) is 23.9 Å². The third-order valence-electron chi connectivity index (χ3n) is 4.02. The van der Waals surface area contributed by atoms with Crippen LogP contribution in [0.1, 0.15) is 23.2 Å². The standard InChI is InChI=1S/C16H19F3N2O5/c17-16(18,19)9-26-13-7-11(1-4-20-13)14(22)21-8-12(15(23)24)10-2-5-25-6-3-10/h1,4,7,10,12H,2-3,5-6,8-9H2,(H,21,22)(H,23,24). The van der Waals surface area contributed by atoms with Gasteiger partial charge < -0.3 is 19.9 Å². The molecule has 1 aromatic rings. The van der Waals surface area contributed by atoms with Crippen molar-refractivity contribution in [3.63, 3.8) is 0 Å². The fourth-order valence-electron chi connectivity index (χ4n) is 2.66. The largest absolute Gasteiger partial charge is 0.481 e. The van der Waals surface area contributed by atoms with Crippen LogP contribution in [-0.4, -0.2) is 54.5 Å². The lowest BCUT2D eigenvalue weighted by atomic mass is 9.86. The summed E-state index contributed by atoms with van der Waals surface area (Å²) in [5.41, 5.74) is 0.0355. The van der Waals surface area contributed by atoms with Gasteiger partial charge in [-0.3, -0.25) is 9.59 Å². The van der Waals surface area contributed by atoms with Gasteiger partial charge in [0.2, 0.25) is 5.88 Å². The Morgan fingerprint density at radius 1 is 1.38 bits per heavy atom. The molecule has 1 aliphatic heterocycles. The van der Waals surface area contributed by atoms with E-state index in [-0.39, 0.29) is 23.9 Å². The fourth-order valence-corrected chi connectivity index (χ4v) is 2.66. The van der Waals surface area contributed by atoms with E-state index in [2.05, 4.69) is 15.0 Å². The van der Waals surface area contributed by atoms with Crippen molar-refractivity contribution in [2.24, 2.45) is 11.8 Å². The summed E-state index contributed by atoms with van der Waals surface area (Å²) in [6.07, 6.45) is -2.18. The van der Waals surface area contributed by atoms with E-state index in [1.165, 1.54) is 6.07 Å². The molecule has 0 spiro atoms. The van der Waals surface area contributed by atoms with Crippen molar-refractivity contribution >= 4 is 11.9 Å². The molecule has 0 aliphatic carbocycles. The molecule has 10 heteroatoms. The first-order valence-electron chi connectivity index (χ1n) is 8.00. The number of nitrogens with zero attached hydrogens (tertiary/aromatic N) is 1. The lowest BCUT2D eigenvalue weighted by Gasteiger charge is -2.27. The van der Waals surface area contributed by atoms with Crippen LogP contribution in [0.15, 0.2) is 18.3 Å². The second kappa shape index (κ2) is 8.84. The molecule has 1 unspecified atom stereocenters. The van der Waals surface area contributed by atoms with Gasteiger partial charge in [-0.2, -0.15) is 13.2 Å². The zero-order valence-electron chi connectivity index (χ0n) is 13.8. The van der Waals surface area contributed by atoms with Gasteiger partial charge in [-0.05, 0) is 24.8 Å². The van der Waals surface area contributed by atoms with E-state index in [4.69, 9.17) is 4.74 Å². The molecule has 1 aromatic heterocycles. The molecule has 1 aliphatic rings. The van der Waals surface area contributed by atoms with Gasteiger partial charge in [-0.25, -0.2) is 4.98 Å². The van der Waals surface area contributed by atoms with Crippen molar-refractivity contribution < 1.29 is 37.3 Å². The Labute approximate surface area is 147 Å². The Hall–Kier alpha value is -2.36. The van der Waals surface area contributed by atoms with E-state index >= 15 is 0 Å². The molecule has 1 amide bonds. The fraction of sp³-hybridized carbons (Fsp3) is 0.562. The monoisotopic (exact) mass is 376 g/mol. The number of alkyl halides is 3. The van der Waals surface area contributed by atoms with Crippen LogP contribution in [0.25, 0.3) is 0 Å². The Morgan fingerprint density at radius 3 is 2.69 bits per heavy atom. The van der Waals surface area contributed by atoms with E-state index in [1.807, 2.05) is 0 Å². The first-order chi connectivity index (χ1) is 12.3. The van der Waals surface area contributed by atoms with E-state index in [0.29, 0.717) is 26.1 Å². The summed E-state index contributed by atoms with van der Waals surface area (Å²) < 4.78 is 46.2. The van der Waals surface area contributed by atoms with Crippen LogP contribution in [0.5, 0.6) is 5.88 Å². The first kappa shape index (κ1) is 20.0. The number of ether oxygens (including phenoxy) is 2. The molecule has 1 fully saturated rings. The van der Waals surface area contributed by atoms with Crippen molar-refractivity contribution in [3.8, 4) is 5.88 Å². The average Bonchev–Trinajstić information content (AvgIpc) is 2.60. The van der Waals surface area contributed by atoms with E-state index in [9.17, 15) is 27.9 Å². The third kappa shape index (κ3) is 6.17. The maximum absolute atomic E-state index is 12.2. The molecule has 2 heterocycles. The number of carboxylic acids is 1. The van der Waals surface area contributed by atoms with Crippen LogP contribution >= 0.6 is 0 Å². The maximum Gasteiger partial charge on any atom is 0.422 e. The minimum Gasteiger partial charge on any atom is -0.481 e. The first-order valence-corrected chi connectivity index (χ1v) is 8.00. The minimum absolute atomic E-state index is 0.0355. The number of aliphatic carboxylic acids is 1. The maximum atomic E-state index is 12.2. The van der Waals surface area contributed by atoms with Gasteiger partial charge in [0.05, 0.1) is 5.92 Å². The van der Waals surface area contributed by atoms with Crippen molar-refractivity contribution in [2.75, 3.05) is 26.4 Å². The topological polar surface area (TPSA) is 97.8 Å². The molecule has 0 aromatic carbocycles. The number of aromatic nitrogens is 1. The quantitative estimate of drug-likeness (QED) is 0.754. The van der Waals surface area contributed by atoms with E-state index in [1.54, 1.807) is 0 Å². The SMILES string of the molecule is O=C(NCC(C(=O)O)C1CCOCC1)c1ccnc(OCC(F)(F)F)c1. The lowest BCUT2D eigenvalue weighted by Crippen LogP contribution is -2.39. The van der Waals surface area contributed by atoms with Crippen LogP contribution in [0.4, 0.5) is 13.2 Å². The highest BCUT2D eigenvalue weighted by Crippen LogP contribution is 2.24. The number of carboxylic acid groups (broad SMARTS) is 1. The molecule has 0 bridgehead atoms. The Balaban J connectivity index is 1.94. The molecule has 0 radical (unpaired) electrons. The highest BCUT2D eigenvalue weighted by molar-refractivity contribution is 5.94. The molecule has 26 heavy (non-hydrogen) atoms. The zero-order valence-corrected chi connectivity index (χ0v) is 13.8. The number of nitrogens with one attached hydrogen (secondary N) is 1. The van der Waals surface area contributed by atoms with E-state index < -0.39 is 30.6 Å². The molecule has 7 nitrogen and oxygen atoms in total.